The van der Waals surface area contributed by atoms with Crippen LogP contribution in [0.4, 0.5) is 4.79 Å². The van der Waals surface area contributed by atoms with Gasteiger partial charge in [-0.2, -0.15) is 0 Å². The minimum absolute atomic E-state index is 0.334. The summed E-state index contributed by atoms with van der Waals surface area (Å²) in [7, 11) is 0. The van der Waals surface area contributed by atoms with Crippen LogP contribution in [0.5, 0.6) is 0 Å². The third kappa shape index (κ3) is 5.87. The fourth-order valence-electron chi connectivity index (χ4n) is 1.31. The molecule has 5 heteroatoms. The number of nitrogens with zero attached hydrogens (tertiary/aromatic N) is 1. The molecule has 0 heterocycles. The monoisotopic (exact) mass is 239 g/mol. The van der Waals surface area contributed by atoms with Crippen LogP contribution in [0.2, 0.25) is 0 Å². The van der Waals surface area contributed by atoms with Crippen molar-refractivity contribution in [1.82, 2.24) is 15.5 Å². The average Bonchev–Trinajstić information content (AvgIpc) is 2.28. The lowest BCUT2D eigenvalue weighted by molar-refractivity contribution is -0.124. The van der Waals surface area contributed by atoms with Crippen molar-refractivity contribution in [2.75, 3.05) is 19.6 Å². The zero-order valence-electron chi connectivity index (χ0n) is 10.5. The van der Waals surface area contributed by atoms with Crippen molar-refractivity contribution in [3.8, 4) is 0 Å². The summed E-state index contributed by atoms with van der Waals surface area (Å²) in [5.41, 5.74) is 0. The fraction of sp³-hybridized carbons (Fsp3) is 0.500. The van der Waals surface area contributed by atoms with Crippen LogP contribution in [-0.4, -0.2) is 42.5 Å². The number of rotatable bonds is 7. The lowest BCUT2D eigenvalue weighted by Gasteiger charge is -2.25. The second kappa shape index (κ2) is 8.52. The van der Waals surface area contributed by atoms with E-state index in [4.69, 9.17) is 0 Å². The van der Waals surface area contributed by atoms with Gasteiger partial charge >= 0.3 is 6.03 Å². The van der Waals surface area contributed by atoms with Gasteiger partial charge in [0.15, 0.2) is 0 Å². The molecule has 96 valence electrons. The van der Waals surface area contributed by atoms with E-state index in [0.29, 0.717) is 19.6 Å². The predicted molar refractivity (Wildman–Crippen MR) is 68.6 cm³/mol. The Hall–Kier alpha value is -1.62. The summed E-state index contributed by atoms with van der Waals surface area (Å²) < 4.78 is 0. The predicted octanol–water partition coefficient (Wildman–Crippen LogP) is 0.895. The summed E-state index contributed by atoms with van der Waals surface area (Å²) in [6, 6.07) is -0.880. The van der Waals surface area contributed by atoms with Gasteiger partial charge in [-0.05, 0) is 13.8 Å². The van der Waals surface area contributed by atoms with E-state index < -0.39 is 12.1 Å². The van der Waals surface area contributed by atoms with E-state index >= 15 is 0 Å². The molecule has 0 aromatic carbocycles. The van der Waals surface area contributed by atoms with Gasteiger partial charge in [-0.3, -0.25) is 15.0 Å². The molecule has 0 saturated carbocycles. The molecule has 0 saturated heterocycles. The molecule has 17 heavy (non-hydrogen) atoms. The zero-order valence-corrected chi connectivity index (χ0v) is 10.5. The summed E-state index contributed by atoms with van der Waals surface area (Å²) in [4.78, 5) is 24.8. The van der Waals surface area contributed by atoms with Crippen molar-refractivity contribution in [2.45, 2.75) is 19.9 Å². The van der Waals surface area contributed by atoms with Gasteiger partial charge in [0, 0.05) is 19.6 Å². The van der Waals surface area contributed by atoms with Crippen molar-refractivity contribution in [3.63, 3.8) is 0 Å². The number of amides is 3. The van der Waals surface area contributed by atoms with Crippen molar-refractivity contribution < 1.29 is 9.59 Å². The first-order valence-electron chi connectivity index (χ1n) is 5.61. The lowest BCUT2D eigenvalue weighted by Crippen LogP contribution is -2.49. The van der Waals surface area contributed by atoms with E-state index in [0.717, 1.165) is 0 Å². The van der Waals surface area contributed by atoms with Gasteiger partial charge in [0.05, 0.1) is 6.04 Å². The van der Waals surface area contributed by atoms with Gasteiger partial charge in [-0.25, -0.2) is 4.79 Å². The number of nitrogens with one attached hydrogen (secondary N) is 2. The van der Waals surface area contributed by atoms with Crippen molar-refractivity contribution >= 4 is 11.9 Å². The fourth-order valence-corrected chi connectivity index (χ4v) is 1.31. The number of hydrogen-bond donors (Lipinski definition) is 2. The van der Waals surface area contributed by atoms with Crippen LogP contribution in [-0.2, 0) is 4.79 Å². The summed E-state index contributed by atoms with van der Waals surface area (Å²) in [5, 5.41) is 4.78. The molecule has 2 N–H and O–H groups in total. The first-order chi connectivity index (χ1) is 8.06. The molecule has 1 atom stereocenters. The van der Waals surface area contributed by atoms with E-state index in [1.54, 1.807) is 26.0 Å². The molecular weight excluding hydrogens is 218 g/mol. The van der Waals surface area contributed by atoms with Gasteiger partial charge < -0.3 is 5.32 Å². The number of urea groups is 1. The highest BCUT2D eigenvalue weighted by molar-refractivity contribution is 5.96. The van der Waals surface area contributed by atoms with Gasteiger partial charge in [0.2, 0.25) is 5.91 Å². The quantitative estimate of drug-likeness (QED) is 0.649. The Bertz CT molecular complexity index is 279. The SMILES string of the molecule is C=CCN(CC=C)C(C)C(=O)NC(=O)NCC. The van der Waals surface area contributed by atoms with Gasteiger partial charge in [-0.1, -0.05) is 12.2 Å². The standard InChI is InChI=1S/C12H21N3O2/c1-5-8-15(9-6-2)10(4)11(16)14-12(17)13-7-3/h5-6,10H,1-2,7-9H2,3-4H3,(H2,13,14,16,17). The molecule has 0 spiro atoms. The molecule has 3 amide bonds. The highest BCUT2D eigenvalue weighted by atomic mass is 16.2. The molecule has 0 radical (unpaired) electrons. The van der Waals surface area contributed by atoms with E-state index in [1.807, 2.05) is 4.90 Å². The van der Waals surface area contributed by atoms with Gasteiger partial charge in [-0.15, -0.1) is 13.2 Å². The van der Waals surface area contributed by atoms with Crippen LogP contribution in [0.25, 0.3) is 0 Å². The molecule has 0 aliphatic heterocycles. The smallest absolute Gasteiger partial charge is 0.321 e. The lowest BCUT2D eigenvalue weighted by atomic mass is 10.2. The molecule has 5 nitrogen and oxygen atoms in total. The van der Waals surface area contributed by atoms with E-state index in [-0.39, 0.29) is 5.91 Å². The maximum atomic E-state index is 11.7. The molecule has 0 rings (SSSR count). The molecule has 0 aliphatic carbocycles. The van der Waals surface area contributed by atoms with Crippen molar-refractivity contribution in [1.29, 1.82) is 0 Å². The Balaban J connectivity index is 4.37. The zero-order chi connectivity index (χ0) is 13.3. The van der Waals surface area contributed by atoms with Crippen molar-refractivity contribution in [3.05, 3.63) is 25.3 Å². The normalized spacial score (nSPS) is 11.7. The average molecular weight is 239 g/mol. The topological polar surface area (TPSA) is 61.4 Å². The number of carbonyl (C=O) groups excluding carboxylic acids is 2. The van der Waals surface area contributed by atoms with Crippen molar-refractivity contribution in [2.24, 2.45) is 0 Å². The first-order valence-corrected chi connectivity index (χ1v) is 5.61. The molecular formula is C12H21N3O2. The molecule has 0 aromatic heterocycles. The Labute approximate surface area is 103 Å². The second-order valence-corrected chi connectivity index (χ2v) is 3.56. The molecule has 1 unspecified atom stereocenters. The highest BCUT2D eigenvalue weighted by Crippen LogP contribution is 1.99. The van der Waals surface area contributed by atoms with E-state index in [1.165, 1.54) is 0 Å². The summed E-state index contributed by atoms with van der Waals surface area (Å²) in [5.74, 6) is -0.334. The third-order valence-electron chi connectivity index (χ3n) is 2.23. The second-order valence-electron chi connectivity index (χ2n) is 3.56. The minimum Gasteiger partial charge on any atom is -0.338 e. The first kappa shape index (κ1) is 15.4. The van der Waals surface area contributed by atoms with Crippen LogP contribution in [0.15, 0.2) is 25.3 Å². The minimum atomic E-state index is -0.471. The number of carbonyl (C=O) groups is 2. The molecule has 0 fully saturated rings. The molecule has 0 aliphatic rings. The molecule has 0 bridgehead atoms. The van der Waals surface area contributed by atoms with Gasteiger partial charge in [0.1, 0.15) is 0 Å². The van der Waals surface area contributed by atoms with Crippen LogP contribution < -0.4 is 10.6 Å². The Morgan fingerprint density at radius 1 is 1.29 bits per heavy atom. The maximum absolute atomic E-state index is 11.7. The van der Waals surface area contributed by atoms with E-state index in [9.17, 15) is 9.59 Å². The van der Waals surface area contributed by atoms with Crippen LogP contribution in [0.1, 0.15) is 13.8 Å². The van der Waals surface area contributed by atoms with Crippen LogP contribution >= 0.6 is 0 Å². The third-order valence-corrected chi connectivity index (χ3v) is 2.23. The van der Waals surface area contributed by atoms with Gasteiger partial charge in [0.25, 0.3) is 0 Å². The largest absolute Gasteiger partial charge is 0.338 e. The summed E-state index contributed by atoms with van der Waals surface area (Å²) >= 11 is 0. The Kier molecular flexibility index (Phi) is 7.71. The molecule has 0 aromatic rings. The maximum Gasteiger partial charge on any atom is 0.321 e. The highest BCUT2D eigenvalue weighted by Gasteiger charge is 2.20. The summed E-state index contributed by atoms with van der Waals surface area (Å²) in [6.45, 7) is 12.4. The number of hydrogen-bond acceptors (Lipinski definition) is 3. The van der Waals surface area contributed by atoms with Crippen LogP contribution in [0, 0.1) is 0 Å². The van der Waals surface area contributed by atoms with E-state index in [2.05, 4.69) is 23.8 Å². The number of imide groups is 1. The van der Waals surface area contributed by atoms with Crippen LogP contribution in [0.3, 0.4) is 0 Å². The Morgan fingerprint density at radius 3 is 2.24 bits per heavy atom. The summed E-state index contributed by atoms with van der Waals surface area (Å²) in [6.07, 6.45) is 3.42. The Morgan fingerprint density at radius 2 is 1.82 bits per heavy atom.